The molecule has 0 bridgehead atoms. The highest BCUT2D eigenvalue weighted by molar-refractivity contribution is 7.92. The van der Waals surface area contributed by atoms with Gasteiger partial charge in [0, 0.05) is 45.8 Å². The van der Waals surface area contributed by atoms with Crippen LogP contribution in [0.1, 0.15) is 27.7 Å². The van der Waals surface area contributed by atoms with Crippen molar-refractivity contribution in [1.82, 2.24) is 65.7 Å². The van der Waals surface area contributed by atoms with Gasteiger partial charge >= 0.3 is 0 Å². The van der Waals surface area contributed by atoms with E-state index in [-0.39, 0.29) is 0 Å². The minimum Gasteiger partial charge on any atom is -0.344 e. The number of H-pyrrole nitrogens is 4. The Balaban J connectivity index is 0.000000162. The topological polar surface area (TPSA) is 247 Å². The van der Waals surface area contributed by atoms with Gasteiger partial charge < -0.3 is 9.97 Å². The van der Waals surface area contributed by atoms with Crippen LogP contribution in [-0.2, 0) is 19.7 Å². The average Bonchev–Trinajstić information content (AvgIpc) is 4.17. The Morgan fingerprint density at radius 3 is 1.53 bits per heavy atom. The first-order valence-electron chi connectivity index (χ1n) is 20.0. The van der Waals surface area contributed by atoms with Crippen molar-refractivity contribution < 1.29 is 16.8 Å². The molecule has 320 valence electrons. The zero-order chi connectivity index (χ0) is 44.6. The van der Waals surface area contributed by atoms with E-state index >= 15 is 0 Å². The third-order valence-electron chi connectivity index (χ3n) is 10.6. The number of nitrogens with zero attached hydrogens (tertiary/aromatic N) is 9. The van der Waals surface area contributed by atoms with Crippen LogP contribution < -0.4 is 0 Å². The summed E-state index contributed by atoms with van der Waals surface area (Å²) in [5.74, 6) is 1.22. The monoisotopic (exact) mass is 889 g/mol. The smallest absolute Gasteiger partial charge is 0.204 e. The Labute approximate surface area is 366 Å². The third-order valence-corrected chi connectivity index (χ3v) is 15.0. The van der Waals surface area contributed by atoms with Crippen molar-refractivity contribution in [1.29, 1.82) is 0 Å². The lowest BCUT2D eigenvalue weighted by molar-refractivity contribution is 0.586. The molecule has 64 heavy (non-hydrogen) atoms. The van der Waals surface area contributed by atoms with Crippen LogP contribution in [0.25, 0.3) is 89.9 Å². The number of benzene rings is 4. The van der Waals surface area contributed by atoms with Gasteiger partial charge in [-0.3, -0.25) is 5.10 Å². The van der Waals surface area contributed by atoms with Gasteiger partial charge in [-0.1, -0.05) is 66.7 Å². The van der Waals surface area contributed by atoms with Crippen LogP contribution in [0.2, 0.25) is 0 Å². The first-order chi connectivity index (χ1) is 30.9. The van der Waals surface area contributed by atoms with Crippen molar-refractivity contribution in [3.8, 4) is 67.5 Å². The molecular formula is C45H39N13O4S2. The number of aromatic nitrogens is 13. The fraction of sp³-hybridized carbons (Fsp3) is 0.133. The van der Waals surface area contributed by atoms with Crippen molar-refractivity contribution in [2.45, 2.75) is 48.0 Å². The zero-order valence-corrected chi connectivity index (χ0v) is 36.4. The van der Waals surface area contributed by atoms with Crippen LogP contribution in [0.3, 0.4) is 0 Å². The van der Waals surface area contributed by atoms with E-state index < -0.39 is 30.2 Å². The van der Waals surface area contributed by atoms with Gasteiger partial charge in [0.25, 0.3) is 0 Å². The van der Waals surface area contributed by atoms with Gasteiger partial charge in [-0.25, -0.2) is 41.8 Å². The second-order valence-corrected chi connectivity index (χ2v) is 20.3. The van der Waals surface area contributed by atoms with Crippen molar-refractivity contribution >= 4 is 42.0 Å². The summed E-state index contributed by atoms with van der Waals surface area (Å²) in [5, 5.41) is 19.9. The van der Waals surface area contributed by atoms with E-state index in [0.717, 1.165) is 55.5 Å². The SMILES string of the molecule is CC(C)S(=O)(=O)c1ccc(-c2cnc3[nH]cc(-c4ccc(-c5nn[nH]n5)cc4)c3n2)cc1.CC(C)S(=O)(=O)c1ccc(-c2cnc3[nH]cc(-c4cccc(-c5ncn[nH]5)c4)c3n2)cc1. The summed E-state index contributed by atoms with van der Waals surface area (Å²) in [7, 11) is -6.64. The fourth-order valence-corrected chi connectivity index (χ4v) is 9.06. The molecule has 6 aromatic heterocycles. The molecule has 17 nitrogen and oxygen atoms in total. The molecule has 0 aliphatic heterocycles. The van der Waals surface area contributed by atoms with Gasteiger partial charge in [0.15, 0.2) is 36.8 Å². The Hall–Kier alpha value is -7.77. The molecule has 0 fully saturated rings. The van der Waals surface area contributed by atoms with Crippen LogP contribution in [0.15, 0.2) is 138 Å². The molecular weight excluding hydrogens is 851 g/mol. The van der Waals surface area contributed by atoms with Crippen LogP contribution >= 0.6 is 0 Å². The minimum absolute atomic E-state index is 0.300. The first-order valence-corrected chi connectivity index (χ1v) is 23.1. The predicted molar refractivity (Wildman–Crippen MR) is 243 cm³/mol. The number of fused-ring (bicyclic) bond motifs is 2. The van der Waals surface area contributed by atoms with Gasteiger partial charge in [0.1, 0.15) is 17.4 Å². The molecule has 0 amide bonds. The number of sulfone groups is 2. The first kappa shape index (κ1) is 41.6. The molecule has 0 aliphatic rings. The van der Waals surface area contributed by atoms with E-state index in [9.17, 15) is 16.8 Å². The van der Waals surface area contributed by atoms with Crippen molar-refractivity contribution in [2.75, 3.05) is 0 Å². The molecule has 0 unspecified atom stereocenters. The molecule has 4 aromatic carbocycles. The largest absolute Gasteiger partial charge is 0.344 e. The quantitative estimate of drug-likeness (QED) is 0.102. The molecule has 0 saturated heterocycles. The maximum absolute atomic E-state index is 12.4. The van der Waals surface area contributed by atoms with Gasteiger partial charge in [0.2, 0.25) is 5.82 Å². The molecule has 6 heterocycles. The van der Waals surface area contributed by atoms with Gasteiger partial charge in [-0.05, 0) is 74.4 Å². The van der Waals surface area contributed by atoms with E-state index in [1.807, 2.05) is 60.9 Å². The Kier molecular flexibility index (Phi) is 10.9. The number of aromatic amines is 4. The van der Waals surface area contributed by atoms with E-state index in [4.69, 9.17) is 9.97 Å². The lowest BCUT2D eigenvalue weighted by Gasteiger charge is -2.08. The number of hydrogen-bond donors (Lipinski definition) is 4. The lowest BCUT2D eigenvalue weighted by atomic mass is 10.0. The number of rotatable bonds is 10. The van der Waals surface area contributed by atoms with E-state index in [0.29, 0.717) is 44.1 Å². The molecule has 0 aliphatic carbocycles. The van der Waals surface area contributed by atoms with Crippen LogP contribution in [0, 0.1) is 0 Å². The summed E-state index contributed by atoms with van der Waals surface area (Å²) in [6.07, 6.45) is 8.58. The highest BCUT2D eigenvalue weighted by Crippen LogP contribution is 2.33. The van der Waals surface area contributed by atoms with Crippen LogP contribution in [0.4, 0.5) is 0 Å². The zero-order valence-electron chi connectivity index (χ0n) is 34.8. The number of hydrogen-bond acceptors (Lipinski definition) is 13. The van der Waals surface area contributed by atoms with Crippen LogP contribution in [-0.4, -0.2) is 93.0 Å². The number of tetrazole rings is 1. The molecule has 19 heteroatoms. The fourth-order valence-electron chi connectivity index (χ4n) is 6.94. The van der Waals surface area contributed by atoms with E-state index in [2.05, 4.69) is 55.7 Å². The normalized spacial score (nSPS) is 12.0. The number of nitrogens with one attached hydrogen (secondary N) is 4. The summed E-state index contributed by atoms with van der Waals surface area (Å²) in [4.78, 5) is 29.8. The molecule has 4 N–H and O–H groups in total. The molecule has 10 rings (SSSR count). The van der Waals surface area contributed by atoms with Crippen molar-refractivity contribution in [2.24, 2.45) is 0 Å². The summed E-state index contributed by atoms with van der Waals surface area (Å²) >= 11 is 0. The Morgan fingerprint density at radius 1 is 0.547 bits per heavy atom. The Bertz CT molecular complexity index is 3460. The molecule has 0 radical (unpaired) electrons. The minimum atomic E-state index is -3.32. The summed E-state index contributed by atoms with van der Waals surface area (Å²) in [6, 6.07) is 29.2. The van der Waals surface area contributed by atoms with Gasteiger partial charge in [-0.2, -0.15) is 10.3 Å². The maximum Gasteiger partial charge on any atom is 0.204 e. The second-order valence-electron chi connectivity index (χ2n) is 15.3. The lowest BCUT2D eigenvalue weighted by Crippen LogP contribution is -2.13. The molecule has 0 spiro atoms. The highest BCUT2D eigenvalue weighted by atomic mass is 32.2. The maximum atomic E-state index is 12.4. The third kappa shape index (κ3) is 8.04. The van der Waals surface area contributed by atoms with Crippen molar-refractivity contribution in [3.63, 3.8) is 0 Å². The van der Waals surface area contributed by atoms with Crippen molar-refractivity contribution in [3.05, 3.63) is 128 Å². The summed E-state index contributed by atoms with van der Waals surface area (Å²) < 4.78 is 49.5. The Morgan fingerprint density at radius 2 is 1.05 bits per heavy atom. The standard InChI is InChI=1S/C23H20N6O2S.C22H19N7O2S/c1-14(2)32(30,31)18-8-6-15(7-9-18)20-12-25-23-21(28-20)19(11-24-23)16-4-3-5-17(10-16)22-26-13-27-29-22;1-13(2)32(30,31)17-9-7-15(8-10-17)19-12-24-22-20(25-19)18(11-23-22)14-3-5-16(6-4-14)21-26-28-29-27-21/h3-14H,1-2H3,(H,24,25)(H,26,27,29);3-13H,1-2H3,(H,23,24)(H,26,27,28,29). The van der Waals surface area contributed by atoms with E-state index in [1.54, 1.807) is 88.6 Å². The molecule has 0 atom stereocenters. The van der Waals surface area contributed by atoms with Gasteiger partial charge in [-0.15, -0.1) is 10.2 Å². The predicted octanol–water partition coefficient (Wildman–Crippen LogP) is 7.91. The summed E-state index contributed by atoms with van der Waals surface area (Å²) in [5.41, 5.74) is 11.2. The van der Waals surface area contributed by atoms with E-state index in [1.165, 1.54) is 6.33 Å². The highest BCUT2D eigenvalue weighted by Gasteiger charge is 2.21. The second kappa shape index (κ2) is 16.8. The molecule has 0 saturated carbocycles. The summed E-state index contributed by atoms with van der Waals surface area (Å²) in [6.45, 7) is 6.69. The molecule has 10 aromatic rings. The van der Waals surface area contributed by atoms with Gasteiger partial charge in [0.05, 0.1) is 44.1 Å². The van der Waals surface area contributed by atoms with Crippen LogP contribution in [0.5, 0.6) is 0 Å². The average molecular weight is 890 g/mol.